The number of aromatic nitrogens is 3. The van der Waals surface area contributed by atoms with Crippen LogP contribution in [0.1, 0.15) is 40.5 Å². The predicted molar refractivity (Wildman–Crippen MR) is 104 cm³/mol. The van der Waals surface area contributed by atoms with Gasteiger partial charge >= 0.3 is 6.09 Å². The van der Waals surface area contributed by atoms with Crippen molar-refractivity contribution in [3.8, 4) is 0 Å². The van der Waals surface area contributed by atoms with Crippen molar-refractivity contribution >= 4 is 33.6 Å². The number of anilines is 1. The number of nitrogens with one attached hydrogen (secondary N) is 1. The Labute approximate surface area is 162 Å². The highest BCUT2D eigenvalue weighted by Crippen LogP contribution is 2.32. The summed E-state index contributed by atoms with van der Waals surface area (Å²) in [6, 6.07) is 0. The molecule has 7 nitrogen and oxygen atoms in total. The van der Waals surface area contributed by atoms with E-state index < -0.39 is 5.60 Å². The van der Waals surface area contributed by atoms with Gasteiger partial charge in [-0.05, 0) is 55.0 Å². The smallest absolute Gasteiger partial charge is 0.407 e. The molecule has 1 amide bonds. The van der Waals surface area contributed by atoms with Gasteiger partial charge in [0.25, 0.3) is 0 Å². The normalized spacial score (nSPS) is 17.3. The molecular weight excluding hydrogens is 398 g/mol. The molecule has 1 aliphatic rings. The van der Waals surface area contributed by atoms with Gasteiger partial charge in [-0.25, -0.2) is 14.8 Å². The first kappa shape index (κ1) is 18.9. The van der Waals surface area contributed by atoms with Crippen LogP contribution in [0.5, 0.6) is 0 Å². The predicted octanol–water partition coefficient (Wildman–Crippen LogP) is 3.62. The van der Waals surface area contributed by atoms with Crippen molar-refractivity contribution in [3.63, 3.8) is 0 Å². The molecule has 2 aromatic rings. The van der Waals surface area contributed by atoms with Gasteiger partial charge < -0.3 is 15.0 Å². The number of carbonyl (C=O) groups is 1. The minimum Gasteiger partial charge on any atom is -0.444 e. The summed E-state index contributed by atoms with van der Waals surface area (Å²) in [6.07, 6.45) is 7.10. The van der Waals surface area contributed by atoms with Crippen molar-refractivity contribution in [2.45, 2.75) is 46.1 Å². The van der Waals surface area contributed by atoms with Gasteiger partial charge in [0.2, 0.25) is 5.95 Å². The van der Waals surface area contributed by atoms with Crippen LogP contribution in [0, 0.1) is 5.41 Å². The van der Waals surface area contributed by atoms with Gasteiger partial charge in [0.1, 0.15) is 5.60 Å². The monoisotopic (exact) mass is 423 g/mol. The number of imidazole rings is 1. The first-order chi connectivity index (χ1) is 12.2. The average molecular weight is 424 g/mol. The minimum absolute atomic E-state index is 0.0524. The molecule has 0 aromatic carbocycles. The summed E-state index contributed by atoms with van der Waals surface area (Å²) in [6.45, 7) is 10.2. The molecule has 2 aromatic heterocycles. The Morgan fingerprint density at radius 3 is 2.69 bits per heavy atom. The summed E-state index contributed by atoms with van der Waals surface area (Å²) in [5.41, 5.74) is 0.448. The zero-order chi connectivity index (χ0) is 18.9. The van der Waals surface area contributed by atoms with E-state index in [0.29, 0.717) is 6.54 Å². The van der Waals surface area contributed by atoms with E-state index in [9.17, 15) is 4.79 Å². The molecule has 1 aliphatic heterocycles. The van der Waals surface area contributed by atoms with Crippen LogP contribution in [0.25, 0.3) is 5.65 Å². The minimum atomic E-state index is -0.474. The Bertz CT molecular complexity index is 790. The summed E-state index contributed by atoms with van der Waals surface area (Å²) in [7, 11) is 0. The number of alkyl carbamates (subject to hydrolysis) is 1. The molecule has 1 N–H and O–H groups in total. The highest BCUT2D eigenvalue weighted by molar-refractivity contribution is 9.10. The van der Waals surface area contributed by atoms with Gasteiger partial charge in [0.15, 0.2) is 5.65 Å². The molecule has 0 aliphatic carbocycles. The zero-order valence-electron chi connectivity index (χ0n) is 15.8. The topological polar surface area (TPSA) is 71.8 Å². The van der Waals surface area contributed by atoms with Crippen molar-refractivity contribution < 1.29 is 9.53 Å². The van der Waals surface area contributed by atoms with Crippen LogP contribution < -0.4 is 10.2 Å². The maximum atomic E-state index is 11.9. The first-order valence-corrected chi connectivity index (χ1v) is 9.66. The van der Waals surface area contributed by atoms with E-state index in [1.807, 2.05) is 31.4 Å². The van der Waals surface area contributed by atoms with Crippen molar-refractivity contribution in [2.75, 3.05) is 24.5 Å². The van der Waals surface area contributed by atoms with E-state index in [4.69, 9.17) is 4.74 Å². The van der Waals surface area contributed by atoms with E-state index in [-0.39, 0.29) is 11.5 Å². The van der Waals surface area contributed by atoms with Crippen LogP contribution >= 0.6 is 15.9 Å². The molecule has 0 unspecified atom stereocenters. The number of nitrogens with zero attached hydrogens (tertiary/aromatic N) is 4. The second-order valence-electron chi connectivity index (χ2n) is 8.18. The van der Waals surface area contributed by atoms with Crippen molar-refractivity contribution in [1.82, 2.24) is 19.7 Å². The van der Waals surface area contributed by atoms with Crippen molar-refractivity contribution in [2.24, 2.45) is 5.41 Å². The molecule has 0 atom stereocenters. The number of halogens is 1. The Morgan fingerprint density at radius 1 is 1.35 bits per heavy atom. The lowest BCUT2D eigenvalue weighted by Gasteiger charge is -2.40. The van der Waals surface area contributed by atoms with Crippen molar-refractivity contribution in [3.05, 3.63) is 23.1 Å². The highest BCUT2D eigenvalue weighted by Gasteiger charge is 2.32. The summed E-state index contributed by atoms with van der Waals surface area (Å²) >= 11 is 3.49. The Morgan fingerprint density at radius 2 is 2.04 bits per heavy atom. The molecule has 0 spiro atoms. The van der Waals surface area contributed by atoms with Crippen LogP contribution in [0.2, 0.25) is 0 Å². The Kier molecular flexibility index (Phi) is 5.14. The fourth-order valence-corrected chi connectivity index (χ4v) is 3.53. The second-order valence-corrected chi connectivity index (χ2v) is 9.03. The number of amides is 1. The molecule has 0 saturated carbocycles. The lowest BCUT2D eigenvalue weighted by molar-refractivity contribution is 0.0495. The van der Waals surface area contributed by atoms with E-state index in [1.165, 1.54) is 0 Å². The van der Waals surface area contributed by atoms with Crippen LogP contribution in [-0.2, 0) is 4.74 Å². The molecule has 0 radical (unpaired) electrons. The molecule has 26 heavy (non-hydrogen) atoms. The molecule has 0 bridgehead atoms. The van der Waals surface area contributed by atoms with Gasteiger partial charge in [-0.1, -0.05) is 6.92 Å². The van der Waals surface area contributed by atoms with Crippen LogP contribution in [-0.4, -0.2) is 45.7 Å². The van der Waals surface area contributed by atoms with Gasteiger partial charge in [0.05, 0.1) is 4.47 Å². The highest BCUT2D eigenvalue weighted by atomic mass is 79.9. The van der Waals surface area contributed by atoms with Gasteiger partial charge in [-0.2, -0.15) is 0 Å². The summed E-state index contributed by atoms with van der Waals surface area (Å²) in [5.74, 6) is 0.905. The van der Waals surface area contributed by atoms with Gasteiger partial charge in [-0.15, -0.1) is 0 Å². The fourth-order valence-electron chi connectivity index (χ4n) is 3.13. The van der Waals surface area contributed by atoms with Crippen molar-refractivity contribution in [1.29, 1.82) is 0 Å². The van der Waals surface area contributed by atoms with E-state index in [1.54, 1.807) is 12.4 Å². The van der Waals surface area contributed by atoms with E-state index >= 15 is 0 Å². The number of rotatable bonds is 3. The van der Waals surface area contributed by atoms with E-state index in [2.05, 4.69) is 43.0 Å². The quantitative estimate of drug-likeness (QED) is 0.815. The standard InChI is InChI=1S/C18H26BrN5O2/c1-17(2,3)26-16(25)22-12-18(4)5-8-23(9-6-18)15-21-11-13(19)14-20-7-10-24(14)15/h7,10-11H,5-6,8-9,12H2,1-4H3,(H,22,25). The van der Waals surface area contributed by atoms with Crippen LogP contribution in [0.15, 0.2) is 23.1 Å². The number of carbonyl (C=O) groups excluding carboxylic acids is 1. The number of fused-ring (bicyclic) bond motifs is 1. The number of hydrogen-bond acceptors (Lipinski definition) is 5. The molecule has 3 rings (SSSR count). The third kappa shape index (κ3) is 4.28. The molecule has 8 heteroatoms. The average Bonchev–Trinajstić information content (AvgIpc) is 3.04. The molecule has 1 fully saturated rings. The maximum absolute atomic E-state index is 11.9. The summed E-state index contributed by atoms with van der Waals surface area (Å²) in [5, 5.41) is 2.92. The van der Waals surface area contributed by atoms with Crippen LogP contribution in [0.3, 0.4) is 0 Å². The van der Waals surface area contributed by atoms with E-state index in [0.717, 1.165) is 42.0 Å². The third-order valence-electron chi connectivity index (χ3n) is 4.67. The Hall–Kier alpha value is -1.83. The lowest BCUT2D eigenvalue weighted by Crippen LogP contribution is -2.46. The molecule has 3 heterocycles. The summed E-state index contributed by atoms with van der Waals surface area (Å²) in [4.78, 5) is 23.1. The molecule has 1 saturated heterocycles. The Balaban J connectivity index is 1.60. The van der Waals surface area contributed by atoms with Crippen LogP contribution in [0.4, 0.5) is 10.7 Å². The van der Waals surface area contributed by atoms with Gasteiger partial charge in [-0.3, -0.25) is 4.40 Å². The number of piperidine rings is 1. The lowest BCUT2D eigenvalue weighted by atomic mass is 9.80. The number of ether oxygens (including phenoxy) is 1. The third-order valence-corrected chi connectivity index (χ3v) is 5.23. The van der Waals surface area contributed by atoms with Gasteiger partial charge in [0, 0.05) is 38.2 Å². The molecular formula is C18H26BrN5O2. The largest absolute Gasteiger partial charge is 0.444 e. The fraction of sp³-hybridized carbons (Fsp3) is 0.611. The SMILES string of the molecule is CC1(CNC(=O)OC(C)(C)C)CCN(c2ncc(Br)c3nccn23)CC1. The summed E-state index contributed by atoms with van der Waals surface area (Å²) < 4.78 is 8.22. The second kappa shape index (κ2) is 7.06. The first-order valence-electron chi connectivity index (χ1n) is 8.86. The number of hydrogen-bond donors (Lipinski definition) is 1. The zero-order valence-corrected chi connectivity index (χ0v) is 17.3. The molecule has 142 valence electrons. The maximum Gasteiger partial charge on any atom is 0.407 e.